The van der Waals surface area contributed by atoms with Crippen LogP contribution in [0.25, 0.3) is 0 Å². The zero-order valence-corrected chi connectivity index (χ0v) is 16.7. The van der Waals surface area contributed by atoms with Crippen LogP contribution < -0.4 is 4.74 Å². The SMILES string of the molecule is O=C(CCCc1ccccc1)N1CCC(c2noc(COc3ccc(F)cc3)n2)C1. The van der Waals surface area contributed by atoms with Crippen molar-refractivity contribution >= 4 is 5.91 Å². The molecule has 1 aromatic heterocycles. The first-order valence-electron chi connectivity index (χ1n) is 10.2. The minimum atomic E-state index is -0.317. The topological polar surface area (TPSA) is 68.5 Å². The van der Waals surface area contributed by atoms with Crippen molar-refractivity contribution in [1.82, 2.24) is 15.0 Å². The van der Waals surface area contributed by atoms with Crippen molar-refractivity contribution in [3.05, 3.63) is 77.7 Å². The number of amides is 1. The first-order chi connectivity index (χ1) is 14.7. The minimum absolute atomic E-state index is 0.0754. The lowest BCUT2D eigenvalue weighted by atomic mass is 10.1. The van der Waals surface area contributed by atoms with E-state index >= 15 is 0 Å². The number of carbonyl (C=O) groups is 1. The third-order valence-electron chi connectivity index (χ3n) is 5.26. The molecule has 2 heterocycles. The van der Waals surface area contributed by atoms with E-state index in [1.165, 1.54) is 17.7 Å². The Morgan fingerprint density at radius 2 is 1.97 bits per heavy atom. The van der Waals surface area contributed by atoms with Crippen LogP contribution in [0.1, 0.15) is 42.5 Å². The summed E-state index contributed by atoms with van der Waals surface area (Å²) in [6.45, 7) is 1.44. The van der Waals surface area contributed by atoms with Gasteiger partial charge in [-0.25, -0.2) is 4.39 Å². The maximum Gasteiger partial charge on any atom is 0.264 e. The van der Waals surface area contributed by atoms with Crippen LogP contribution in [-0.4, -0.2) is 34.0 Å². The van der Waals surface area contributed by atoms with Crippen molar-refractivity contribution in [1.29, 1.82) is 0 Å². The van der Waals surface area contributed by atoms with Gasteiger partial charge in [0.25, 0.3) is 5.89 Å². The van der Waals surface area contributed by atoms with Crippen molar-refractivity contribution in [3.8, 4) is 5.75 Å². The molecule has 1 aliphatic rings. The highest BCUT2D eigenvalue weighted by Gasteiger charge is 2.30. The zero-order chi connectivity index (χ0) is 20.8. The summed E-state index contributed by atoms with van der Waals surface area (Å²) < 4.78 is 23.7. The minimum Gasteiger partial charge on any atom is -0.484 e. The monoisotopic (exact) mass is 409 g/mol. The molecule has 0 aliphatic carbocycles. The Kier molecular flexibility index (Phi) is 6.37. The highest BCUT2D eigenvalue weighted by Crippen LogP contribution is 2.26. The van der Waals surface area contributed by atoms with Gasteiger partial charge in [-0.1, -0.05) is 35.5 Å². The van der Waals surface area contributed by atoms with E-state index in [0.717, 1.165) is 19.3 Å². The molecule has 4 rings (SSSR count). The van der Waals surface area contributed by atoms with Gasteiger partial charge >= 0.3 is 0 Å². The molecular weight excluding hydrogens is 385 g/mol. The number of hydrogen-bond donors (Lipinski definition) is 0. The molecule has 3 aromatic rings. The predicted molar refractivity (Wildman–Crippen MR) is 108 cm³/mol. The number of carbonyl (C=O) groups excluding carboxylic acids is 1. The molecule has 0 spiro atoms. The average molecular weight is 409 g/mol. The summed E-state index contributed by atoms with van der Waals surface area (Å²) in [6.07, 6.45) is 3.12. The molecule has 156 valence electrons. The van der Waals surface area contributed by atoms with Gasteiger partial charge in [-0.2, -0.15) is 4.98 Å². The Bertz CT molecular complexity index is 959. The first-order valence-corrected chi connectivity index (χ1v) is 10.2. The quantitative estimate of drug-likeness (QED) is 0.560. The molecule has 7 heteroatoms. The molecule has 1 fully saturated rings. The van der Waals surface area contributed by atoms with E-state index in [0.29, 0.717) is 37.0 Å². The molecule has 1 amide bonds. The van der Waals surface area contributed by atoms with Crippen LogP contribution in [0, 0.1) is 5.82 Å². The van der Waals surface area contributed by atoms with Crippen LogP contribution in [0.2, 0.25) is 0 Å². The summed E-state index contributed by atoms with van der Waals surface area (Å²) in [6, 6.07) is 16.0. The number of aromatic nitrogens is 2. The molecule has 30 heavy (non-hydrogen) atoms. The van der Waals surface area contributed by atoms with Crippen molar-refractivity contribution in [2.24, 2.45) is 0 Å². The third kappa shape index (κ3) is 5.23. The summed E-state index contributed by atoms with van der Waals surface area (Å²) >= 11 is 0. The molecule has 2 aromatic carbocycles. The van der Waals surface area contributed by atoms with Crippen molar-refractivity contribution in [3.63, 3.8) is 0 Å². The van der Waals surface area contributed by atoms with Gasteiger partial charge in [-0.05, 0) is 49.1 Å². The smallest absolute Gasteiger partial charge is 0.264 e. The first kappa shape index (κ1) is 20.1. The van der Waals surface area contributed by atoms with Crippen molar-refractivity contribution in [2.75, 3.05) is 13.1 Å². The summed E-state index contributed by atoms with van der Waals surface area (Å²) in [5, 5.41) is 4.06. The van der Waals surface area contributed by atoms with Gasteiger partial charge < -0.3 is 14.2 Å². The zero-order valence-electron chi connectivity index (χ0n) is 16.7. The van der Waals surface area contributed by atoms with Gasteiger partial charge in [0.1, 0.15) is 11.6 Å². The molecular formula is C23H24FN3O3. The van der Waals surface area contributed by atoms with Gasteiger partial charge in [-0.3, -0.25) is 4.79 Å². The molecule has 0 saturated carbocycles. The normalized spacial score (nSPS) is 16.0. The number of likely N-dealkylation sites (tertiary alicyclic amines) is 1. The Hall–Kier alpha value is -3.22. The fraction of sp³-hybridized carbons (Fsp3) is 0.348. The van der Waals surface area contributed by atoms with E-state index in [-0.39, 0.29) is 24.2 Å². The molecule has 1 unspecified atom stereocenters. The second-order valence-electron chi connectivity index (χ2n) is 7.45. The Morgan fingerprint density at radius 1 is 1.17 bits per heavy atom. The maximum atomic E-state index is 12.9. The van der Waals surface area contributed by atoms with E-state index in [2.05, 4.69) is 22.3 Å². The molecule has 0 radical (unpaired) electrons. The van der Waals surface area contributed by atoms with E-state index in [1.54, 1.807) is 12.1 Å². The van der Waals surface area contributed by atoms with Crippen LogP contribution in [0.5, 0.6) is 5.75 Å². The fourth-order valence-electron chi connectivity index (χ4n) is 3.61. The standard InChI is InChI=1S/C23H24FN3O3/c24-19-9-11-20(12-10-19)29-16-21-25-23(26-30-21)18-13-14-27(15-18)22(28)8-4-7-17-5-2-1-3-6-17/h1-3,5-6,9-12,18H,4,7-8,13-16H2. The van der Waals surface area contributed by atoms with Gasteiger partial charge in [0.15, 0.2) is 12.4 Å². The van der Waals surface area contributed by atoms with Crippen molar-refractivity contribution in [2.45, 2.75) is 38.2 Å². The molecule has 1 atom stereocenters. The van der Waals surface area contributed by atoms with Gasteiger partial charge in [0.05, 0.1) is 0 Å². The van der Waals surface area contributed by atoms with Crippen LogP contribution in [0.3, 0.4) is 0 Å². The van der Waals surface area contributed by atoms with E-state index in [1.807, 2.05) is 23.1 Å². The number of rotatable bonds is 8. The lowest BCUT2D eigenvalue weighted by molar-refractivity contribution is -0.130. The van der Waals surface area contributed by atoms with Gasteiger partial charge in [0, 0.05) is 25.4 Å². The van der Waals surface area contributed by atoms with Crippen LogP contribution in [0.4, 0.5) is 4.39 Å². The highest BCUT2D eigenvalue weighted by atomic mass is 19.1. The summed E-state index contributed by atoms with van der Waals surface area (Å²) in [4.78, 5) is 18.8. The van der Waals surface area contributed by atoms with Crippen LogP contribution in [0.15, 0.2) is 59.1 Å². The highest BCUT2D eigenvalue weighted by molar-refractivity contribution is 5.76. The summed E-state index contributed by atoms with van der Waals surface area (Å²) in [5.41, 5.74) is 1.26. The van der Waals surface area contributed by atoms with E-state index < -0.39 is 0 Å². The second-order valence-corrected chi connectivity index (χ2v) is 7.45. The van der Waals surface area contributed by atoms with Crippen LogP contribution in [-0.2, 0) is 17.8 Å². The lowest BCUT2D eigenvalue weighted by Gasteiger charge is -2.15. The maximum absolute atomic E-state index is 12.9. The van der Waals surface area contributed by atoms with E-state index in [9.17, 15) is 9.18 Å². The Labute approximate surface area is 174 Å². The molecule has 6 nitrogen and oxygen atoms in total. The summed E-state index contributed by atoms with van der Waals surface area (Å²) in [5.74, 6) is 1.43. The number of ether oxygens (including phenoxy) is 1. The molecule has 1 saturated heterocycles. The second kappa shape index (κ2) is 9.52. The lowest BCUT2D eigenvalue weighted by Crippen LogP contribution is -2.28. The number of nitrogens with zero attached hydrogens (tertiary/aromatic N) is 3. The largest absolute Gasteiger partial charge is 0.484 e. The fourth-order valence-corrected chi connectivity index (χ4v) is 3.61. The number of benzene rings is 2. The number of halogens is 1. The number of hydrogen-bond acceptors (Lipinski definition) is 5. The molecule has 0 N–H and O–H groups in total. The third-order valence-corrected chi connectivity index (χ3v) is 5.26. The van der Waals surface area contributed by atoms with E-state index in [4.69, 9.17) is 9.26 Å². The molecule has 1 aliphatic heterocycles. The average Bonchev–Trinajstić information content (AvgIpc) is 3.44. The Morgan fingerprint density at radius 3 is 2.77 bits per heavy atom. The van der Waals surface area contributed by atoms with Gasteiger partial charge in [-0.15, -0.1) is 0 Å². The molecule has 0 bridgehead atoms. The summed E-state index contributed by atoms with van der Waals surface area (Å²) in [7, 11) is 0. The van der Waals surface area contributed by atoms with Crippen molar-refractivity contribution < 1.29 is 18.4 Å². The number of aryl methyl sites for hydroxylation is 1. The van der Waals surface area contributed by atoms with Gasteiger partial charge in [0.2, 0.25) is 5.91 Å². The van der Waals surface area contributed by atoms with Crippen LogP contribution >= 0.6 is 0 Å². The Balaban J connectivity index is 1.23. The predicted octanol–water partition coefficient (Wildman–Crippen LogP) is 4.13.